The minimum Gasteiger partial charge on any atom is -0.398 e. The summed E-state index contributed by atoms with van der Waals surface area (Å²) in [7, 11) is 1.32. The molecule has 22 nitrogen and oxygen atoms in total. The van der Waals surface area contributed by atoms with Crippen molar-refractivity contribution in [3.63, 3.8) is 0 Å². The molecule has 0 bridgehead atoms. The Hall–Kier alpha value is -13.6. The van der Waals surface area contributed by atoms with Crippen LogP contribution < -0.4 is 38.5 Å². The van der Waals surface area contributed by atoms with Gasteiger partial charge in [0.2, 0.25) is 0 Å². The van der Waals surface area contributed by atoms with Gasteiger partial charge in [-0.15, -0.1) is 0 Å². The molecule has 0 saturated heterocycles. The molecule has 0 spiro atoms. The predicted octanol–water partition coefficient (Wildman–Crippen LogP) is 18.4. The van der Waals surface area contributed by atoms with E-state index in [1.807, 2.05) is 63.6 Å². The van der Waals surface area contributed by atoms with Gasteiger partial charge in [-0.1, -0.05) is 38.1 Å². The highest BCUT2D eigenvalue weighted by molar-refractivity contribution is 6.08. The second-order valence-electron chi connectivity index (χ2n) is 25.4. The van der Waals surface area contributed by atoms with Gasteiger partial charge in [-0.25, -0.2) is 26.3 Å². The molecule has 8 aromatic carbocycles. The molecule has 4 aromatic heterocycles. The van der Waals surface area contributed by atoms with Crippen molar-refractivity contribution >= 4 is 69.1 Å². The van der Waals surface area contributed by atoms with E-state index in [2.05, 4.69) is 41.7 Å². The number of nitrogen functional groups attached to an aromatic ring is 3. The predicted molar refractivity (Wildman–Crippen MR) is 409 cm³/mol. The highest BCUT2D eigenvalue weighted by Gasteiger charge is 2.37. The van der Waals surface area contributed by atoms with Crippen molar-refractivity contribution in [2.45, 2.75) is 100 Å². The van der Waals surface area contributed by atoms with E-state index in [9.17, 15) is 82.0 Å². The van der Waals surface area contributed by atoms with Gasteiger partial charge in [0.25, 0.3) is 29.3 Å². The number of nitrogens with one attached hydrogen (secondary N) is 4. The third-order valence-corrected chi connectivity index (χ3v) is 17.7. The molecule has 0 unspecified atom stereocenters. The van der Waals surface area contributed by atoms with Crippen LogP contribution in [0.1, 0.15) is 116 Å². The molecule has 594 valence electrons. The number of carbonyl (C=O) groups is 4. The lowest BCUT2D eigenvalue weighted by Crippen LogP contribution is -2.15. The van der Waals surface area contributed by atoms with E-state index in [1.165, 1.54) is 85.4 Å². The normalized spacial score (nSPS) is 11.2. The number of para-hydroxylation sites is 2. The minimum absolute atomic E-state index is 0.00150. The van der Waals surface area contributed by atoms with Crippen molar-refractivity contribution in [3.05, 3.63) is 271 Å². The van der Waals surface area contributed by atoms with E-state index in [0.717, 1.165) is 87.8 Å². The summed E-state index contributed by atoms with van der Waals surface area (Å²) in [5.41, 5.74) is 22.8. The Bertz CT molecular complexity index is 5590. The SMILES string of the molecule is CCc1cc(-c2ccc(C(=O)Nc3c(F)cccc3F)cc2N)n(CC)n1.CCc1cc(-c2ccc(C(=O)Nc3cc(C)c(C)c(F)c3F)cc2[N+](=O)[O-])n(CC)n1.CCn1nc(C(F)(F)F)cc1-c1ccc(C(=O)Nc2cccc(C)c2)cc1N.Cn1nc(C(F)(F)F)cc1-c1ccc(C(=O)Nc2c(F)cccc2F)cc1N. The molecule has 0 aliphatic heterocycles. The minimum atomic E-state index is -4.62. The molecular weight excluding hydrogens is 1510 g/mol. The van der Waals surface area contributed by atoms with Crippen molar-refractivity contribution in [3.8, 4) is 45.0 Å². The Kier molecular flexibility index (Phi) is 26.4. The molecule has 114 heavy (non-hydrogen) atoms. The first-order valence-electron chi connectivity index (χ1n) is 34.9. The standard InChI is InChI=1S/C22H22F2N4O3.C20H19F3N4O.C20H20F2N4O.C18H13F5N4O/c1-5-15-11-18(27(6-2)26-15)16-8-7-14(10-19(16)28(30)31)22(29)25-17-9-12(3)13(4)20(23)21(17)24;1-3-27-17(11-18(26-27)20(21,22)23)15-8-7-13(10-16(15)24)19(28)25-14-6-4-5-12(2)9-14;1-3-13-11-18(26(4-2)25-13)14-9-8-12(10-17(14)23)20(27)24-19-15(21)6-5-7-16(19)22;1-27-14(8-15(26-27)18(21,22)23)10-6-5-9(7-13(10)24)17(28)25-16-11(19)3-2-4-12(16)20/h7-11H,5-6H2,1-4H3,(H,25,29);4-11H,3,24H2,1-2H3,(H,25,28);5-11H,3-4,23H2,1-2H3,(H,24,27);2-8H,24H2,1H3,(H,25,28). The van der Waals surface area contributed by atoms with E-state index in [0.29, 0.717) is 58.8 Å². The van der Waals surface area contributed by atoms with Crippen LogP contribution in [0.4, 0.5) is 98.2 Å². The Morgan fingerprint density at radius 1 is 0.439 bits per heavy atom. The highest BCUT2D eigenvalue weighted by atomic mass is 19.4. The Morgan fingerprint density at radius 3 is 1.23 bits per heavy atom. The van der Waals surface area contributed by atoms with Crippen LogP contribution in [-0.4, -0.2) is 67.7 Å². The number of nitro groups is 1. The second-order valence-corrected chi connectivity index (χ2v) is 25.4. The van der Waals surface area contributed by atoms with Gasteiger partial charge in [0, 0.05) is 94.4 Å². The number of nitrogens with zero attached hydrogens (tertiary/aromatic N) is 9. The van der Waals surface area contributed by atoms with Gasteiger partial charge >= 0.3 is 12.4 Å². The number of nitro benzene ring substituents is 1. The third kappa shape index (κ3) is 19.6. The summed E-state index contributed by atoms with van der Waals surface area (Å²) in [5.74, 6) is -8.42. The van der Waals surface area contributed by atoms with Crippen molar-refractivity contribution in [2.75, 3.05) is 38.5 Å². The average molecular weight is 1580 g/mol. The number of carbonyl (C=O) groups excluding carboxylic acids is 4. The first-order chi connectivity index (χ1) is 53.9. The molecule has 34 heteroatoms. The summed E-state index contributed by atoms with van der Waals surface area (Å²) in [6.07, 6.45) is -7.69. The van der Waals surface area contributed by atoms with E-state index < -0.39 is 92.7 Å². The van der Waals surface area contributed by atoms with Crippen LogP contribution in [-0.2, 0) is 51.9 Å². The summed E-state index contributed by atoms with van der Waals surface area (Å²) in [5, 5.41) is 37.1. The second kappa shape index (κ2) is 35.6. The van der Waals surface area contributed by atoms with Crippen molar-refractivity contribution in [1.29, 1.82) is 0 Å². The van der Waals surface area contributed by atoms with Crippen LogP contribution in [0.3, 0.4) is 0 Å². The van der Waals surface area contributed by atoms with Gasteiger partial charge in [-0.05, 0) is 205 Å². The average Bonchev–Trinajstić information content (AvgIpc) is 1.71. The van der Waals surface area contributed by atoms with Crippen LogP contribution in [0.25, 0.3) is 45.0 Å². The lowest BCUT2D eigenvalue weighted by Gasteiger charge is -2.11. The van der Waals surface area contributed by atoms with Crippen molar-refractivity contribution in [1.82, 2.24) is 39.1 Å². The van der Waals surface area contributed by atoms with Gasteiger partial charge in [0.15, 0.2) is 23.0 Å². The first kappa shape index (κ1) is 84.5. The zero-order valence-corrected chi connectivity index (χ0v) is 62.4. The fourth-order valence-corrected chi connectivity index (χ4v) is 11.6. The number of anilines is 7. The van der Waals surface area contributed by atoms with Gasteiger partial charge in [0.1, 0.15) is 34.6 Å². The molecule has 12 aromatic rings. The highest BCUT2D eigenvalue weighted by Crippen LogP contribution is 2.38. The zero-order chi connectivity index (χ0) is 83.5. The summed E-state index contributed by atoms with van der Waals surface area (Å²) in [4.78, 5) is 60.8. The van der Waals surface area contributed by atoms with Crippen molar-refractivity contribution in [2.24, 2.45) is 7.05 Å². The van der Waals surface area contributed by atoms with Crippen LogP contribution in [0, 0.1) is 65.8 Å². The van der Waals surface area contributed by atoms with E-state index >= 15 is 0 Å². The molecular formula is C80H74F12N16O6. The molecule has 4 heterocycles. The molecule has 10 N–H and O–H groups in total. The molecule has 4 amide bonds. The molecule has 0 fully saturated rings. The Balaban J connectivity index is 0.000000174. The van der Waals surface area contributed by atoms with E-state index in [1.54, 1.807) is 42.8 Å². The number of halogens is 12. The Morgan fingerprint density at radius 2 is 0.816 bits per heavy atom. The number of benzene rings is 8. The van der Waals surface area contributed by atoms with Crippen molar-refractivity contribution < 1.29 is 76.8 Å². The molecule has 12 rings (SSSR count). The monoisotopic (exact) mass is 1580 g/mol. The molecule has 0 saturated carbocycles. The summed E-state index contributed by atoms with van der Waals surface area (Å²) in [6.45, 7) is 15.9. The van der Waals surface area contributed by atoms with E-state index in [4.69, 9.17) is 17.2 Å². The maximum atomic E-state index is 14.2. The molecule has 0 aliphatic rings. The number of nitrogens with two attached hydrogens (primary N) is 3. The van der Waals surface area contributed by atoms with Gasteiger partial charge in [-0.3, -0.25) is 48.0 Å². The van der Waals surface area contributed by atoms with Crippen LogP contribution in [0.2, 0.25) is 0 Å². The third-order valence-electron chi connectivity index (χ3n) is 17.7. The van der Waals surface area contributed by atoms with Crippen LogP contribution >= 0.6 is 0 Å². The van der Waals surface area contributed by atoms with Gasteiger partial charge in [0.05, 0.1) is 50.3 Å². The molecule has 0 aliphatic carbocycles. The van der Waals surface area contributed by atoms with E-state index in [-0.39, 0.29) is 74.4 Å². The maximum absolute atomic E-state index is 14.2. The lowest BCUT2D eigenvalue weighted by molar-refractivity contribution is -0.384. The number of aromatic nitrogens is 8. The van der Waals surface area contributed by atoms with Crippen LogP contribution in [0.15, 0.2) is 164 Å². The smallest absolute Gasteiger partial charge is 0.398 e. The fourth-order valence-electron chi connectivity index (χ4n) is 11.6. The quantitative estimate of drug-likeness (QED) is 0.0182. The number of alkyl halides is 6. The number of hydrogen-bond acceptors (Lipinski definition) is 13. The zero-order valence-electron chi connectivity index (χ0n) is 62.4. The number of hydrogen-bond donors (Lipinski definition) is 7. The summed E-state index contributed by atoms with van der Waals surface area (Å²) >= 11 is 0. The summed E-state index contributed by atoms with van der Waals surface area (Å²) < 4.78 is 166. The van der Waals surface area contributed by atoms with Crippen LogP contribution in [0.5, 0.6) is 0 Å². The fraction of sp³-hybridized carbons (Fsp3) is 0.200. The number of aryl methyl sites for hydroxylation is 8. The largest absolute Gasteiger partial charge is 0.435 e. The van der Waals surface area contributed by atoms with Gasteiger partial charge in [-0.2, -0.15) is 46.7 Å². The molecule has 0 radical (unpaired) electrons. The number of rotatable bonds is 18. The Labute approximate surface area is 643 Å². The number of amides is 4. The topological polar surface area (TPSA) is 309 Å². The molecule has 0 atom stereocenters. The lowest BCUT2D eigenvalue weighted by atomic mass is 10.0. The first-order valence-corrected chi connectivity index (χ1v) is 34.9. The maximum Gasteiger partial charge on any atom is 0.435 e. The summed E-state index contributed by atoms with van der Waals surface area (Å²) in [6, 6.07) is 37.8. The van der Waals surface area contributed by atoms with Gasteiger partial charge < -0.3 is 38.5 Å².